The van der Waals surface area contributed by atoms with Crippen LogP contribution in [0.15, 0.2) is 243 Å². The van der Waals surface area contributed by atoms with Gasteiger partial charge in [-0.3, -0.25) is 0 Å². The van der Waals surface area contributed by atoms with Crippen molar-refractivity contribution in [3.05, 3.63) is 243 Å². The predicted octanol–water partition coefficient (Wildman–Crippen LogP) is 16.8. The first-order valence-electron chi connectivity index (χ1n) is 21.9. The van der Waals surface area contributed by atoms with Crippen LogP contribution < -0.4 is 0 Å². The molecule has 0 bridgehead atoms. The maximum Gasteiger partial charge on any atom is 0.160 e. The number of nitrogens with zero attached hydrogens (tertiary/aromatic N) is 2. The van der Waals surface area contributed by atoms with E-state index in [9.17, 15) is 0 Å². The van der Waals surface area contributed by atoms with E-state index in [1.807, 2.05) is 24.3 Å². The SMILES string of the molecule is c1ccc(-c2cccc(-c3cc(-c4ccc(-c5ccc(-c6ccc(-c7c8ccccc8cc8c7ccc7ccccc78)c7ccccc67)cc5)cc4)nc(-c4ccccc4)n3)c2)cc1. The molecule has 0 aliphatic carbocycles. The van der Waals surface area contributed by atoms with Gasteiger partial charge in [0.25, 0.3) is 0 Å². The molecule has 298 valence electrons. The first-order valence-corrected chi connectivity index (χ1v) is 21.9. The van der Waals surface area contributed by atoms with Gasteiger partial charge in [-0.2, -0.15) is 0 Å². The summed E-state index contributed by atoms with van der Waals surface area (Å²) in [5.74, 6) is 0.706. The normalized spacial score (nSPS) is 11.4. The fraction of sp³-hybridized carbons (Fsp3) is 0. The Balaban J connectivity index is 0.890. The molecule has 12 rings (SSSR count). The maximum atomic E-state index is 5.11. The third-order valence-electron chi connectivity index (χ3n) is 12.7. The summed E-state index contributed by atoms with van der Waals surface area (Å²) in [6.07, 6.45) is 0. The molecule has 1 aromatic heterocycles. The van der Waals surface area contributed by atoms with Gasteiger partial charge in [-0.05, 0) is 106 Å². The molecule has 1 heterocycles. The standard InChI is InChI=1S/C62H40N2/c1-3-14-41(15-4-1)48-20-13-21-50(38-48)60-40-59(63-62(64-60)47-17-5-2-6-18-47)46-32-28-43(29-33-46)42-26-30-45(31-27-42)52-36-37-56(55-25-12-11-24-54(52)55)61-53-23-10-8-19-49(53)39-58-51-22-9-7-16-44(51)34-35-57(58)61/h1-40H. The van der Waals surface area contributed by atoms with Gasteiger partial charge in [0.2, 0.25) is 0 Å². The number of benzene rings is 11. The summed E-state index contributed by atoms with van der Waals surface area (Å²) in [5, 5.41) is 10.1. The van der Waals surface area contributed by atoms with E-state index in [4.69, 9.17) is 9.97 Å². The number of aromatic nitrogens is 2. The molecule has 0 aliphatic rings. The van der Waals surface area contributed by atoms with Crippen molar-refractivity contribution in [3.8, 4) is 78.4 Å². The Hall–Kier alpha value is -8.46. The van der Waals surface area contributed by atoms with Crippen molar-refractivity contribution in [2.45, 2.75) is 0 Å². The van der Waals surface area contributed by atoms with Crippen molar-refractivity contribution in [1.82, 2.24) is 9.97 Å². The Kier molecular flexibility index (Phi) is 9.20. The Morgan fingerprint density at radius 2 is 0.719 bits per heavy atom. The lowest BCUT2D eigenvalue weighted by Crippen LogP contribution is -1.96. The average molecular weight is 813 g/mol. The third-order valence-corrected chi connectivity index (χ3v) is 12.7. The molecule has 0 N–H and O–H groups in total. The summed E-state index contributed by atoms with van der Waals surface area (Å²) in [6, 6.07) is 87.2. The van der Waals surface area contributed by atoms with E-state index in [0.29, 0.717) is 5.82 Å². The van der Waals surface area contributed by atoms with Gasteiger partial charge < -0.3 is 0 Å². The second kappa shape index (κ2) is 15.8. The highest BCUT2D eigenvalue weighted by Crippen LogP contribution is 2.44. The third kappa shape index (κ3) is 6.70. The van der Waals surface area contributed by atoms with Crippen LogP contribution in [0.4, 0.5) is 0 Å². The van der Waals surface area contributed by atoms with Gasteiger partial charge >= 0.3 is 0 Å². The van der Waals surface area contributed by atoms with Crippen molar-refractivity contribution < 1.29 is 0 Å². The molecule has 0 fully saturated rings. The fourth-order valence-electron chi connectivity index (χ4n) is 9.50. The summed E-state index contributed by atoms with van der Waals surface area (Å²) in [5.41, 5.74) is 14.5. The van der Waals surface area contributed by atoms with Crippen molar-refractivity contribution in [1.29, 1.82) is 0 Å². The molecular weight excluding hydrogens is 773 g/mol. The van der Waals surface area contributed by atoms with Gasteiger partial charge in [-0.25, -0.2) is 9.97 Å². The molecule has 0 aliphatic heterocycles. The molecule has 0 saturated carbocycles. The first-order chi connectivity index (χ1) is 31.7. The van der Waals surface area contributed by atoms with Gasteiger partial charge in [-0.15, -0.1) is 0 Å². The Bertz CT molecular complexity index is 3690. The summed E-state index contributed by atoms with van der Waals surface area (Å²) in [7, 11) is 0. The van der Waals surface area contributed by atoms with E-state index < -0.39 is 0 Å². The van der Waals surface area contributed by atoms with Crippen LogP contribution in [0.1, 0.15) is 0 Å². The lowest BCUT2D eigenvalue weighted by atomic mass is 9.86. The number of hydrogen-bond acceptors (Lipinski definition) is 2. The van der Waals surface area contributed by atoms with Crippen LogP contribution in [0, 0.1) is 0 Å². The van der Waals surface area contributed by atoms with Crippen LogP contribution in [0.2, 0.25) is 0 Å². The number of hydrogen-bond donors (Lipinski definition) is 0. The van der Waals surface area contributed by atoms with Crippen molar-refractivity contribution in [3.63, 3.8) is 0 Å². The van der Waals surface area contributed by atoms with Crippen LogP contribution in [0.3, 0.4) is 0 Å². The molecule has 64 heavy (non-hydrogen) atoms. The molecular formula is C62H40N2. The van der Waals surface area contributed by atoms with E-state index in [1.54, 1.807) is 0 Å². The zero-order valence-electron chi connectivity index (χ0n) is 35.0. The molecule has 0 spiro atoms. The van der Waals surface area contributed by atoms with Crippen LogP contribution in [0.25, 0.3) is 122 Å². The molecule has 0 radical (unpaired) electrons. The van der Waals surface area contributed by atoms with Gasteiger partial charge in [0.05, 0.1) is 11.4 Å². The van der Waals surface area contributed by atoms with E-state index >= 15 is 0 Å². The fourth-order valence-corrected chi connectivity index (χ4v) is 9.50. The first kappa shape index (κ1) is 37.3. The van der Waals surface area contributed by atoms with E-state index in [0.717, 1.165) is 44.8 Å². The maximum absolute atomic E-state index is 5.11. The second-order valence-electron chi connectivity index (χ2n) is 16.5. The molecule has 0 unspecified atom stereocenters. The molecule has 0 amide bonds. The average Bonchev–Trinajstić information content (AvgIpc) is 3.38. The summed E-state index contributed by atoms with van der Waals surface area (Å²) in [6.45, 7) is 0. The second-order valence-corrected chi connectivity index (χ2v) is 16.5. The minimum absolute atomic E-state index is 0.706. The molecule has 0 saturated heterocycles. The van der Waals surface area contributed by atoms with Crippen molar-refractivity contribution in [2.24, 2.45) is 0 Å². The predicted molar refractivity (Wildman–Crippen MR) is 270 cm³/mol. The van der Waals surface area contributed by atoms with Crippen molar-refractivity contribution >= 4 is 43.1 Å². The zero-order valence-corrected chi connectivity index (χ0v) is 35.0. The Morgan fingerprint density at radius 1 is 0.219 bits per heavy atom. The highest BCUT2D eigenvalue weighted by molar-refractivity contribution is 6.23. The zero-order chi connectivity index (χ0) is 42.4. The quantitative estimate of drug-likeness (QED) is 0.118. The monoisotopic (exact) mass is 812 g/mol. The van der Waals surface area contributed by atoms with Crippen LogP contribution >= 0.6 is 0 Å². The number of rotatable bonds is 7. The number of fused-ring (bicyclic) bond motifs is 5. The largest absolute Gasteiger partial charge is 0.228 e. The van der Waals surface area contributed by atoms with E-state index in [-0.39, 0.29) is 0 Å². The smallest absolute Gasteiger partial charge is 0.160 e. The topological polar surface area (TPSA) is 25.8 Å². The molecule has 0 atom stereocenters. The van der Waals surface area contributed by atoms with Crippen molar-refractivity contribution in [2.75, 3.05) is 0 Å². The van der Waals surface area contributed by atoms with Crippen LogP contribution in [-0.4, -0.2) is 9.97 Å². The van der Waals surface area contributed by atoms with Gasteiger partial charge in [0, 0.05) is 16.7 Å². The Morgan fingerprint density at radius 3 is 1.44 bits per heavy atom. The minimum atomic E-state index is 0.706. The highest BCUT2D eigenvalue weighted by atomic mass is 14.9. The van der Waals surface area contributed by atoms with Gasteiger partial charge in [0.1, 0.15) is 0 Å². The molecule has 2 heteroatoms. The summed E-state index contributed by atoms with van der Waals surface area (Å²) >= 11 is 0. The molecule has 12 aromatic rings. The van der Waals surface area contributed by atoms with Crippen LogP contribution in [0.5, 0.6) is 0 Å². The summed E-state index contributed by atoms with van der Waals surface area (Å²) in [4.78, 5) is 10.2. The lowest BCUT2D eigenvalue weighted by Gasteiger charge is -2.17. The highest BCUT2D eigenvalue weighted by Gasteiger charge is 2.17. The lowest BCUT2D eigenvalue weighted by molar-refractivity contribution is 1.18. The van der Waals surface area contributed by atoms with E-state index in [2.05, 4.69) is 218 Å². The molecule has 11 aromatic carbocycles. The van der Waals surface area contributed by atoms with Crippen LogP contribution in [-0.2, 0) is 0 Å². The summed E-state index contributed by atoms with van der Waals surface area (Å²) < 4.78 is 0. The Labute approximate surface area is 372 Å². The van der Waals surface area contributed by atoms with Gasteiger partial charge in [0.15, 0.2) is 5.82 Å². The van der Waals surface area contributed by atoms with Gasteiger partial charge in [-0.1, -0.05) is 224 Å². The molecule has 2 nitrogen and oxygen atoms in total. The minimum Gasteiger partial charge on any atom is -0.228 e. The van der Waals surface area contributed by atoms with E-state index in [1.165, 1.54) is 70.9 Å².